The van der Waals surface area contributed by atoms with Crippen LogP contribution in [0.1, 0.15) is 12.8 Å². The molecule has 7 nitrogen and oxygen atoms in total. The summed E-state index contributed by atoms with van der Waals surface area (Å²) in [4.78, 5) is 21.8. The van der Waals surface area contributed by atoms with Gasteiger partial charge in [-0.15, -0.1) is 10.2 Å². The van der Waals surface area contributed by atoms with E-state index < -0.39 is 0 Å². The molecule has 2 aromatic heterocycles. The summed E-state index contributed by atoms with van der Waals surface area (Å²) in [6.07, 6.45) is 6.14. The standard InChI is InChI=1S/C12H13N5O2S/c1-17(11(18)9-3-2-6-19-9)12-16-15-10(20-12)8-7-13-4-5-14-8/h4-5,7,9H,2-3,6H2,1H3/t9-/m1/s1. The van der Waals surface area contributed by atoms with Crippen molar-refractivity contribution in [3.63, 3.8) is 0 Å². The van der Waals surface area contributed by atoms with Crippen LogP contribution >= 0.6 is 11.3 Å². The number of anilines is 1. The van der Waals surface area contributed by atoms with Gasteiger partial charge in [0.25, 0.3) is 5.91 Å². The third-order valence-corrected chi connectivity index (χ3v) is 4.04. The molecule has 0 N–H and O–H groups in total. The smallest absolute Gasteiger partial charge is 0.257 e. The molecule has 0 bridgehead atoms. The molecule has 0 unspecified atom stereocenters. The second kappa shape index (κ2) is 5.59. The highest BCUT2D eigenvalue weighted by Crippen LogP contribution is 2.27. The van der Waals surface area contributed by atoms with E-state index in [2.05, 4.69) is 20.2 Å². The zero-order valence-corrected chi connectivity index (χ0v) is 11.7. The molecule has 104 valence electrons. The Hall–Kier alpha value is -1.93. The molecular weight excluding hydrogens is 278 g/mol. The number of hydrogen-bond acceptors (Lipinski definition) is 7. The summed E-state index contributed by atoms with van der Waals surface area (Å²) in [6.45, 7) is 0.644. The Labute approximate surface area is 119 Å². The summed E-state index contributed by atoms with van der Waals surface area (Å²) >= 11 is 1.31. The molecule has 2 aromatic rings. The second-order valence-electron chi connectivity index (χ2n) is 4.38. The number of carbonyl (C=O) groups is 1. The first-order valence-electron chi connectivity index (χ1n) is 6.25. The molecule has 1 amide bonds. The van der Waals surface area contributed by atoms with E-state index in [4.69, 9.17) is 4.74 Å². The first-order chi connectivity index (χ1) is 9.75. The van der Waals surface area contributed by atoms with E-state index in [-0.39, 0.29) is 12.0 Å². The monoisotopic (exact) mass is 291 g/mol. The van der Waals surface area contributed by atoms with E-state index in [9.17, 15) is 4.79 Å². The van der Waals surface area contributed by atoms with Crippen LogP contribution in [0.5, 0.6) is 0 Å². The predicted molar refractivity (Wildman–Crippen MR) is 73.3 cm³/mol. The SMILES string of the molecule is CN(C(=O)[C@H]1CCCO1)c1nnc(-c2cnccn2)s1. The average Bonchev–Trinajstić information content (AvgIpc) is 3.18. The normalized spacial score (nSPS) is 18.1. The quantitative estimate of drug-likeness (QED) is 0.843. The Morgan fingerprint density at radius 1 is 1.45 bits per heavy atom. The van der Waals surface area contributed by atoms with Gasteiger partial charge in [0, 0.05) is 26.0 Å². The number of ether oxygens (including phenoxy) is 1. The van der Waals surface area contributed by atoms with Gasteiger partial charge in [0.2, 0.25) is 5.13 Å². The molecule has 1 saturated heterocycles. The van der Waals surface area contributed by atoms with Crippen LogP contribution < -0.4 is 4.90 Å². The van der Waals surface area contributed by atoms with Crippen molar-refractivity contribution in [3.8, 4) is 10.7 Å². The summed E-state index contributed by atoms with van der Waals surface area (Å²) in [5.74, 6) is -0.0793. The number of nitrogens with zero attached hydrogens (tertiary/aromatic N) is 5. The van der Waals surface area contributed by atoms with Gasteiger partial charge < -0.3 is 4.74 Å². The van der Waals surface area contributed by atoms with E-state index in [1.165, 1.54) is 16.2 Å². The van der Waals surface area contributed by atoms with Crippen molar-refractivity contribution in [2.24, 2.45) is 0 Å². The van der Waals surface area contributed by atoms with Crippen molar-refractivity contribution in [2.75, 3.05) is 18.6 Å². The number of amides is 1. The van der Waals surface area contributed by atoms with Crippen LogP contribution in [0.4, 0.5) is 5.13 Å². The van der Waals surface area contributed by atoms with Gasteiger partial charge in [0.15, 0.2) is 5.01 Å². The molecule has 1 aliphatic heterocycles. The molecule has 0 saturated carbocycles. The van der Waals surface area contributed by atoms with Crippen molar-refractivity contribution in [1.29, 1.82) is 0 Å². The Morgan fingerprint density at radius 2 is 2.35 bits per heavy atom. The van der Waals surface area contributed by atoms with Gasteiger partial charge in [0.05, 0.1) is 6.20 Å². The van der Waals surface area contributed by atoms with Gasteiger partial charge in [0.1, 0.15) is 11.8 Å². The Bertz CT molecular complexity index is 597. The number of aromatic nitrogens is 4. The van der Waals surface area contributed by atoms with E-state index in [1.807, 2.05) is 0 Å². The first kappa shape index (κ1) is 13.1. The molecule has 1 atom stereocenters. The lowest BCUT2D eigenvalue weighted by atomic mass is 10.2. The Kier molecular flexibility index (Phi) is 3.66. The minimum Gasteiger partial charge on any atom is -0.368 e. The minimum absolute atomic E-state index is 0.0793. The van der Waals surface area contributed by atoms with Crippen molar-refractivity contribution in [2.45, 2.75) is 18.9 Å². The highest BCUT2D eigenvalue weighted by molar-refractivity contribution is 7.18. The van der Waals surface area contributed by atoms with Crippen LogP contribution in [0.2, 0.25) is 0 Å². The lowest BCUT2D eigenvalue weighted by Crippen LogP contribution is -2.35. The summed E-state index contributed by atoms with van der Waals surface area (Å²) in [7, 11) is 1.69. The first-order valence-corrected chi connectivity index (χ1v) is 7.06. The molecule has 3 heterocycles. The Morgan fingerprint density at radius 3 is 3.05 bits per heavy atom. The van der Waals surface area contributed by atoms with Crippen molar-refractivity contribution in [3.05, 3.63) is 18.6 Å². The minimum atomic E-state index is -0.358. The van der Waals surface area contributed by atoms with Gasteiger partial charge in [-0.25, -0.2) is 0 Å². The van der Waals surface area contributed by atoms with Crippen molar-refractivity contribution in [1.82, 2.24) is 20.2 Å². The summed E-state index contributed by atoms with van der Waals surface area (Å²) < 4.78 is 5.39. The lowest BCUT2D eigenvalue weighted by Gasteiger charge is -2.16. The second-order valence-corrected chi connectivity index (χ2v) is 5.34. The molecule has 0 aliphatic carbocycles. The van der Waals surface area contributed by atoms with Crippen LogP contribution in [0, 0.1) is 0 Å². The third kappa shape index (κ3) is 2.52. The van der Waals surface area contributed by atoms with Gasteiger partial charge in [-0.3, -0.25) is 19.7 Å². The van der Waals surface area contributed by atoms with Crippen LogP contribution in [0.25, 0.3) is 10.7 Å². The molecule has 1 fully saturated rings. The Balaban J connectivity index is 1.77. The number of carbonyl (C=O) groups excluding carboxylic acids is 1. The van der Waals surface area contributed by atoms with Crippen LogP contribution in [0.15, 0.2) is 18.6 Å². The van der Waals surface area contributed by atoms with Crippen LogP contribution in [-0.2, 0) is 9.53 Å². The van der Waals surface area contributed by atoms with Crippen molar-refractivity contribution < 1.29 is 9.53 Å². The summed E-state index contributed by atoms with van der Waals surface area (Å²) in [5, 5.41) is 9.26. The molecule has 3 rings (SSSR count). The van der Waals surface area contributed by atoms with E-state index >= 15 is 0 Å². The molecule has 0 radical (unpaired) electrons. The van der Waals surface area contributed by atoms with Gasteiger partial charge >= 0.3 is 0 Å². The predicted octanol–water partition coefficient (Wildman–Crippen LogP) is 1.14. The van der Waals surface area contributed by atoms with Gasteiger partial charge in [-0.05, 0) is 12.8 Å². The lowest BCUT2D eigenvalue weighted by molar-refractivity contribution is -0.127. The maximum Gasteiger partial charge on any atom is 0.257 e. The summed E-state index contributed by atoms with van der Waals surface area (Å²) in [5.41, 5.74) is 0.647. The highest BCUT2D eigenvalue weighted by Gasteiger charge is 2.28. The molecular formula is C12H13N5O2S. The number of rotatable bonds is 3. The van der Waals surface area contributed by atoms with Gasteiger partial charge in [-0.1, -0.05) is 11.3 Å². The maximum atomic E-state index is 12.2. The fraction of sp³-hybridized carbons (Fsp3) is 0.417. The molecule has 1 aliphatic rings. The maximum absolute atomic E-state index is 12.2. The largest absolute Gasteiger partial charge is 0.368 e. The number of likely N-dealkylation sites (N-methyl/N-ethyl adjacent to an activating group) is 1. The summed E-state index contributed by atoms with van der Waals surface area (Å²) in [6, 6.07) is 0. The fourth-order valence-corrected chi connectivity index (χ4v) is 2.72. The topological polar surface area (TPSA) is 81.1 Å². The third-order valence-electron chi connectivity index (χ3n) is 3.02. The van der Waals surface area contributed by atoms with Gasteiger partial charge in [-0.2, -0.15) is 0 Å². The zero-order chi connectivity index (χ0) is 13.9. The molecule has 20 heavy (non-hydrogen) atoms. The fourth-order valence-electron chi connectivity index (χ4n) is 1.95. The molecule has 8 heteroatoms. The van der Waals surface area contributed by atoms with Crippen LogP contribution in [0.3, 0.4) is 0 Å². The zero-order valence-electron chi connectivity index (χ0n) is 10.9. The molecule has 0 aromatic carbocycles. The van der Waals surface area contributed by atoms with E-state index in [0.29, 0.717) is 22.4 Å². The van der Waals surface area contributed by atoms with Crippen LogP contribution in [-0.4, -0.2) is 45.8 Å². The number of hydrogen-bond donors (Lipinski definition) is 0. The van der Waals surface area contributed by atoms with E-state index in [0.717, 1.165) is 12.8 Å². The van der Waals surface area contributed by atoms with Crippen molar-refractivity contribution >= 4 is 22.4 Å². The van der Waals surface area contributed by atoms with E-state index in [1.54, 1.807) is 25.6 Å². The average molecular weight is 291 g/mol. The molecule has 0 spiro atoms. The highest BCUT2D eigenvalue weighted by atomic mass is 32.1.